The second-order valence-corrected chi connectivity index (χ2v) is 12.2. The fourth-order valence-corrected chi connectivity index (χ4v) is 5.77. The van der Waals surface area contributed by atoms with Gasteiger partial charge in [-0.3, -0.25) is 4.79 Å². The zero-order chi connectivity index (χ0) is 29.0. The highest BCUT2D eigenvalue weighted by molar-refractivity contribution is 5.98. The number of nitrogens with zero attached hydrogens (tertiary/aromatic N) is 4. The van der Waals surface area contributed by atoms with E-state index >= 15 is 0 Å². The summed E-state index contributed by atoms with van der Waals surface area (Å²) in [5, 5.41) is 14.6. The molecule has 3 aromatic rings. The van der Waals surface area contributed by atoms with Gasteiger partial charge in [-0.15, -0.1) is 0 Å². The first kappa shape index (κ1) is 28.8. The molecule has 2 N–H and O–H groups in total. The molecule has 0 saturated carbocycles. The number of piperazine rings is 1. The standard InChI is InChI=1S/C32H41N5O4/c1-31(2,3)41-30(39)35-17-18-37(26(20-35)19-24-11-6-4-7-12-24)29(38)27-28(25-13-8-5-9-14-25)36(23-34-27)22-32(40)15-10-16-33-21-32/h4-9,11-14,23,26,33,40H,10,15-22H2,1-3H3/t26-,32?/m1/s1. The van der Waals surface area contributed by atoms with E-state index in [2.05, 4.69) is 10.3 Å². The number of aliphatic hydroxyl groups is 1. The summed E-state index contributed by atoms with van der Waals surface area (Å²) < 4.78 is 7.57. The highest BCUT2D eigenvalue weighted by Crippen LogP contribution is 2.29. The number of hydrogen-bond acceptors (Lipinski definition) is 6. The Bertz CT molecular complexity index is 1330. The predicted molar refractivity (Wildman–Crippen MR) is 157 cm³/mol. The van der Waals surface area contributed by atoms with Crippen molar-refractivity contribution in [2.24, 2.45) is 0 Å². The molecule has 2 saturated heterocycles. The number of benzene rings is 2. The lowest BCUT2D eigenvalue weighted by Crippen LogP contribution is -2.58. The lowest BCUT2D eigenvalue weighted by Gasteiger charge is -2.41. The Balaban J connectivity index is 1.46. The lowest BCUT2D eigenvalue weighted by atomic mass is 9.94. The largest absolute Gasteiger partial charge is 0.444 e. The average molecular weight is 560 g/mol. The Morgan fingerprint density at radius 2 is 1.78 bits per heavy atom. The minimum absolute atomic E-state index is 0.180. The van der Waals surface area contributed by atoms with Gasteiger partial charge in [-0.2, -0.15) is 0 Å². The van der Waals surface area contributed by atoms with Crippen LogP contribution in [0.1, 0.15) is 49.7 Å². The average Bonchev–Trinajstić information content (AvgIpc) is 3.36. The quantitative estimate of drug-likeness (QED) is 0.474. The lowest BCUT2D eigenvalue weighted by molar-refractivity contribution is 0.000980. The molecule has 218 valence electrons. The summed E-state index contributed by atoms with van der Waals surface area (Å²) in [7, 11) is 0. The number of carbonyl (C=O) groups excluding carboxylic acids is 2. The first-order valence-electron chi connectivity index (χ1n) is 14.5. The van der Waals surface area contributed by atoms with Crippen LogP contribution in [0.5, 0.6) is 0 Å². The van der Waals surface area contributed by atoms with E-state index < -0.39 is 11.2 Å². The van der Waals surface area contributed by atoms with Gasteiger partial charge in [0.25, 0.3) is 5.91 Å². The SMILES string of the molecule is CC(C)(C)OC(=O)N1CCN(C(=O)c2ncn(CC3(O)CCCNC3)c2-c2ccccc2)[C@H](Cc2ccccc2)C1. The molecule has 2 aliphatic rings. The van der Waals surface area contributed by atoms with Gasteiger partial charge >= 0.3 is 6.09 Å². The van der Waals surface area contributed by atoms with Crippen molar-refractivity contribution in [3.05, 3.63) is 78.2 Å². The third-order valence-electron chi connectivity index (χ3n) is 7.71. The number of amides is 2. The van der Waals surface area contributed by atoms with E-state index in [0.717, 1.165) is 24.1 Å². The van der Waals surface area contributed by atoms with Crippen molar-refractivity contribution in [3.63, 3.8) is 0 Å². The Morgan fingerprint density at radius 1 is 1.07 bits per heavy atom. The zero-order valence-electron chi connectivity index (χ0n) is 24.3. The number of rotatable bonds is 6. The van der Waals surface area contributed by atoms with E-state index in [9.17, 15) is 14.7 Å². The van der Waals surface area contributed by atoms with Crippen molar-refractivity contribution < 1.29 is 19.4 Å². The molecule has 0 aliphatic carbocycles. The van der Waals surface area contributed by atoms with Gasteiger partial charge in [-0.25, -0.2) is 9.78 Å². The number of ether oxygens (including phenoxy) is 1. The van der Waals surface area contributed by atoms with Crippen molar-refractivity contribution >= 4 is 12.0 Å². The molecule has 0 spiro atoms. The first-order valence-corrected chi connectivity index (χ1v) is 14.5. The van der Waals surface area contributed by atoms with Crippen LogP contribution in [0.25, 0.3) is 11.3 Å². The number of imidazole rings is 1. The van der Waals surface area contributed by atoms with Crippen LogP contribution in [0.4, 0.5) is 4.79 Å². The second-order valence-electron chi connectivity index (χ2n) is 12.2. The van der Waals surface area contributed by atoms with Crippen molar-refractivity contribution in [2.45, 2.75) is 63.8 Å². The molecule has 3 heterocycles. The Kier molecular flexibility index (Phi) is 8.47. The van der Waals surface area contributed by atoms with Gasteiger partial charge < -0.3 is 29.5 Å². The summed E-state index contributed by atoms with van der Waals surface area (Å²) >= 11 is 0. The fraction of sp³-hybridized carbons (Fsp3) is 0.469. The molecule has 5 rings (SSSR count). The molecule has 41 heavy (non-hydrogen) atoms. The molecule has 9 heteroatoms. The molecular formula is C32H41N5O4. The maximum absolute atomic E-state index is 14.3. The molecule has 1 unspecified atom stereocenters. The van der Waals surface area contributed by atoms with E-state index in [-0.39, 0.29) is 18.0 Å². The monoisotopic (exact) mass is 559 g/mol. The number of piperidine rings is 1. The topological polar surface area (TPSA) is 99.9 Å². The van der Waals surface area contributed by atoms with Gasteiger partial charge in [0.05, 0.1) is 30.2 Å². The van der Waals surface area contributed by atoms with Crippen molar-refractivity contribution in [3.8, 4) is 11.3 Å². The molecule has 0 bridgehead atoms. The van der Waals surface area contributed by atoms with Crippen molar-refractivity contribution in [1.29, 1.82) is 0 Å². The summed E-state index contributed by atoms with van der Waals surface area (Å²) in [5.74, 6) is -0.180. The van der Waals surface area contributed by atoms with Crippen molar-refractivity contribution in [2.75, 3.05) is 32.7 Å². The van der Waals surface area contributed by atoms with Crippen LogP contribution in [0.3, 0.4) is 0 Å². The summed E-state index contributed by atoms with van der Waals surface area (Å²) in [6, 6.07) is 19.5. The van der Waals surface area contributed by atoms with Gasteiger partial charge in [0, 0.05) is 31.7 Å². The molecular weight excluding hydrogens is 518 g/mol. The predicted octanol–water partition coefficient (Wildman–Crippen LogP) is 3.97. The number of carbonyl (C=O) groups is 2. The summed E-state index contributed by atoms with van der Waals surface area (Å²) in [6.07, 6.45) is 3.47. The van der Waals surface area contributed by atoms with E-state index in [4.69, 9.17) is 4.74 Å². The molecule has 0 radical (unpaired) electrons. The van der Waals surface area contributed by atoms with Crippen molar-refractivity contribution in [1.82, 2.24) is 24.7 Å². The van der Waals surface area contributed by atoms with Crippen LogP contribution in [0.2, 0.25) is 0 Å². The summed E-state index contributed by atoms with van der Waals surface area (Å²) in [4.78, 5) is 35.5. The number of hydrogen-bond donors (Lipinski definition) is 2. The third-order valence-corrected chi connectivity index (χ3v) is 7.71. The Hall–Kier alpha value is -3.69. The molecule has 2 atom stereocenters. The Morgan fingerprint density at radius 3 is 2.44 bits per heavy atom. The minimum atomic E-state index is -0.919. The summed E-state index contributed by atoms with van der Waals surface area (Å²) in [6.45, 7) is 8.39. The van der Waals surface area contributed by atoms with E-state index in [1.54, 1.807) is 11.2 Å². The molecule has 9 nitrogen and oxygen atoms in total. The van der Waals surface area contributed by atoms with Gasteiger partial charge in [0.2, 0.25) is 0 Å². The van der Waals surface area contributed by atoms with E-state index in [0.29, 0.717) is 57.0 Å². The highest BCUT2D eigenvalue weighted by Gasteiger charge is 2.37. The maximum atomic E-state index is 14.3. The third kappa shape index (κ3) is 6.97. The van der Waals surface area contributed by atoms with Gasteiger partial charge in [-0.1, -0.05) is 60.7 Å². The van der Waals surface area contributed by atoms with E-state index in [1.165, 1.54) is 0 Å². The van der Waals surface area contributed by atoms with E-state index in [1.807, 2.05) is 90.9 Å². The molecule has 2 aromatic carbocycles. The van der Waals surface area contributed by atoms with Crippen LogP contribution >= 0.6 is 0 Å². The van der Waals surface area contributed by atoms with Gasteiger partial charge in [0.15, 0.2) is 5.69 Å². The van der Waals surface area contributed by atoms with Crippen LogP contribution in [-0.2, 0) is 17.7 Å². The second kappa shape index (κ2) is 12.0. The molecule has 2 amide bonds. The Labute approximate surface area is 242 Å². The highest BCUT2D eigenvalue weighted by atomic mass is 16.6. The van der Waals surface area contributed by atoms with Gasteiger partial charge in [0.1, 0.15) is 5.60 Å². The fourth-order valence-electron chi connectivity index (χ4n) is 5.77. The first-order chi connectivity index (χ1) is 19.6. The minimum Gasteiger partial charge on any atom is -0.444 e. The van der Waals surface area contributed by atoms with Crippen LogP contribution in [-0.4, -0.2) is 86.4 Å². The van der Waals surface area contributed by atoms with Crippen LogP contribution in [0.15, 0.2) is 67.0 Å². The maximum Gasteiger partial charge on any atom is 0.410 e. The normalized spacial score (nSPS) is 21.5. The number of nitrogens with one attached hydrogen (secondary N) is 1. The molecule has 1 aromatic heterocycles. The van der Waals surface area contributed by atoms with Crippen LogP contribution < -0.4 is 5.32 Å². The smallest absolute Gasteiger partial charge is 0.410 e. The van der Waals surface area contributed by atoms with Gasteiger partial charge in [-0.05, 0) is 52.1 Å². The van der Waals surface area contributed by atoms with Crippen LogP contribution in [0, 0.1) is 0 Å². The summed E-state index contributed by atoms with van der Waals surface area (Å²) in [5.41, 5.74) is 1.48. The number of β-amino-alcohol motifs (C(OH)–C–C–N with tert-alkyl or cyclic N) is 1. The molecule has 2 aliphatic heterocycles. The molecule has 2 fully saturated rings. The zero-order valence-corrected chi connectivity index (χ0v) is 24.3. The number of aromatic nitrogens is 2.